The molecule has 4 aromatic rings. The first-order valence-corrected chi connectivity index (χ1v) is 15.2. The van der Waals surface area contributed by atoms with Crippen molar-refractivity contribution in [3.8, 4) is 22.9 Å². The number of amides is 1. The van der Waals surface area contributed by atoms with Crippen molar-refractivity contribution in [2.45, 2.75) is 45.1 Å². The third-order valence-corrected chi connectivity index (χ3v) is 8.92. The van der Waals surface area contributed by atoms with Crippen LogP contribution in [-0.4, -0.2) is 48.8 Å². The van der Waals surface area contributed by atoms with E-state index >= 15 is 0 Å². The molecule has 2 aromatic heterocycles. The number of carbonyl (C=O) groups is 1. The van der Waals surface area contributed by atoms with Crippen molar-refractivity contribution in [2.24, 2.45) is 5.92 Å². The summed E-state index contributed by atoms with van der Waals surface area (Å²) in [6.07, 6.45) is 6.79. The first-order chi connectivity index (χ1) is 19.4. The smallest absolute Gasteiger partial charge is 0.251 e. The maximum Gasteiger partial charge on any atom is 0.251 e. The molecule has 1 amide bonds. The van der Waals surface area contributed by atoms with Crippen molar-refractivity contribution in [1.82, 2.24) is 19.9 Å². The summed E-state index contributed by atoms with van der Waals surface area (Å²) in [5.41, 5.74) is 4.59. The Hall–Kier alpha value is -3.79. The highest BCUT2D eigenvalue weighted by molar-refractivity contribution is 7.85. The van der Waals surface area contributed by atoms with Gasteiger partial charge in [0.25, 0.3) is 5.91 Å². The van der Waals surface area contributed by atoms with Gasteiger partial charge in [-0.15, -0.1) is 5.10 Å². The highest BCUT2D eigenvalue weighted by Crippen LogP contribution is 2.31. The van der Waals surface area contributed by atoms with Crippen LogP contribution < -0.4 is 15.4 Å². The van der Waals surface area contributed by atoms with Gasteiger partial charge in [0, 0.05) is 52.1 Å². The lowest BCUT2D eigenvalue weighted by atomic mass is 9.99. The fourth-order valence-corrected chi connectivity index (χ4v) is 6.45. The summed E-state index contributed by atoms with van der Waals surface area (Å²) in [6, 6.07) is 13.6. The Bertz CT molecular complexity index is 1560. The van der Waals surface area contributed by atoms with E-state index in [4.69, 9.17) is 9.84 Å². The zero-order valence-electron chi connectivity index (χ0n) is 22.4. The van der Waals surface area contributed by atoms with E-state index in [-0.39, 0.29) is 11.7 Å². The number of fused-ring (bicyclic) bond motifs is 1. The quantitative estimate of drug-likeness (QED) is 0.281. The summed E-state index contributed by atoms with van der Waals surface area (Å²) in [7, 11) is -0.671. The van der Waals surface area contributed by atoms with E-state index in [1.165, 1.54) is 12.1 Å². The van der Waals surface area contributed by atoms with Crippen LogP contribution in [0.4, 0.5) is 10.1 Å². The van der Waals surface area contributed by atoms with Crippen LogP contribution in [0.15, 0.2) is 54.7 Å². The molecule has 0 spiro atoms. The molecule has 2 aromatic carbocycles. The minimum atomic E-state index is -0.671. The molecule has 0 unspecified atom stereocenters. The molecular weight excluding hydrogens is 529 g/mol. The van der Waals surface area contributed by atoms with Crippen LogP contribution in [0.25, 0.3) is 16.9 Å². The second kappa shape index (κ2) is 11.4. The molecule has 0 radical (unpaired) electrons. The van der Waals surface area contributed by atoms with Gasteiger partial charge in [0.1, 0.15) is 11.6 Å². The molecule has 2 fully saturated rings. The number of aromatic nitrogens is 3. The maximum absolute atomic E-state index is 13.5. The highest BCUT2D eigenvalue weighted by atomic mass is 32.2. The number of halogens is 1. The van der Waals surface area contributed by atoms with Gasteiger partial charge in [-0.2, -0.15) is 0 Å². The number of hydrogen-bond donors (Lipinski definition) is 2. The Balaban J connectivity index is 1.29. The van der Waals surface area contributed by atoms with Gasteiger partial charge in [0.05, 0.1) is 17.6 Å². The van der Waals surface area contributed by atoms with E-state index in [9.17, 15) is 13.4 Å². The van der Waals surface area contributed by atoms with Gasteiger partial charge in [0.2, 0.25) is 5.88 Å². The largest absolute Gasteiger partial charge is 0.438 e. The Morgan fingerprint density at radius 2 is 1.88 bits per heavy atom. The van der Waals surface area contributed by atoms with Crippen LogP contribution in [0.2, 0.25) is 0 Å². The van der Waals surface area contributed by atoms with E-state index in [1.54, 1.807) is 22.8 Å². The third kappa shape index (κ3) is 6.01. The van der Waals surface area contributed by atoms with E-state index in [0.717, 1.165) is 72.7 Å². The van der Waals surface area contributed by atoms with Crippen LogP contribution in [0.1, 0.15) is 48.0 Å². The number of hydrogen-bond acceptors (Lipinski definition) is 6. The summed E-state index contributed by atoms with van der Waals surface area (Å²) in [5.74, 6) is 2.53. The van der Waals surface area contributed by atoms with Crippen molar-refractivity contribution < 1.29 is 18.1 Å². The monoisotopic (exact) mass is 561 g/mol. The fourth-order valence-electron chi connectivity index (χ4n) is 5.06. The Labute approximate surface area is 234 Å². The topological polar surface area (TPSA) is 97.6 Å². The normalized spacial score (nSPS) is 18.9. The predicted molar refractivity (Wildman–Crippen MR) is 154 cm³/mol. The molecule has 1 aliphatic carbocycles. The SMILES string of the molecule is Cc1cc(-c2cnc3c(NCCC4CCS(=O)CC4)cc(Oc4ccc(F)cc4)nn23)ccc1C(=O)NC1CC1. The summed E-state index contributed by atoms with van der Waals surface area (Å²) in [6.45, 7) is 2.66. The minimum Gasteiger partial charge on any atom is -0.438 e. The van der Waals surface area contributed by atoms with Crippen molar-refractivity contribution in [2.75, 3.05) is 23.4 Å². The van der Waals surface area contributed by atoms with Crippen LogP contribution in [0, 0.1) is 18.7 Å². The van der Waals surface area contributed by atoms with Gasteiger partial charge in [-0.1, -0.05) is 6.07 Å². The molecule has 8 nitrogen and oxygen atoms in total. The molecule has 1 saturated carbocycles. The number of nitrogens with one attached hydrogen (secondary N) is 2. The first kappa shape index (κ1) is 26.4. The summed E-state index contributed by atoms with van der Waals surface area (Å²) in [5, 5.41) is 11.3. The minimum absolute atomic E-state index is 0.0477. The van der Waals surface area contributed by atoms with Gasteiger partial charge in [-0.3, -0.25) is 9.00 Å². The Morgan fingerprint density at radius 3 is 2.60 bits per heavy atom. The number of aryl methyl sites for hydroxylation is 1. The molecular formula is C30H32FN5O3S. The molecule has 1 saturated heterocycles. The molecule has 3 heterocycles. The standard InChI is InChI=1S/C30H32FN5O3S/c1-19-16-21(2-9-25(19)30(37)34-23-5-6-23)27-18-33-29-26(32-13-10-20-11-14-40(38)15-12-20)17-28(35-36(27)29)39-24-7-3-22(31)4-8-24/h2-4,7-9,16-18,20,23,32H,5-6,10-15H2,1H3,(H,34,37). The van der Waals surface area contributed by atoms with Gasteiger partial charge in [-0.05, 0) is 86.9 Å². The fraction of sp³-hybridized carbons (Fsp3) is 0.367. The predicted octanol–water partition coefficient (Wildman–Crippen LogP) is 5.49. The lowest BCUT2D eigenvalue weighted by molar-refractivity contribution is 0.0950. The number of rotatable bonds is 9. The molecule has 208 valence electrons. The zero-order valence-corrected chi connectivity index (χ0v) is 23.2. The molecule has 6 rings (SSSR count). The second-order valence-electron chi connectivity index (χ2n) is 10.6. The molecule has 2 aliphatic rings. The van der Waals surface area contributed by atoms with Crippen LogP contribution in [0.5, 0.6) is 11.6 Å². The van der Waals surface area contributed by atoms with Crippen molar-refractivity contribution in [3.63, 3.8) is 0 Å². The molecule has 0 atom stereocenters. The van der Waals surface area contributed by atoms with Crippen molar-refractivity contribution in [1.29, 1.82) is 0 Å². The molecule has 2 N–H and O–H groups in total. The van der Waals surface area contributed by atoms with Gasteiger partial charge in [-0.25, -0.2) is 13.9 Å². The van der Waals surface area contributed by atoms with Gasteiger partial charge < -0.3 is 15.4 Å². The van der Waals surface area contributed by atoms with E-state index in [1.807, 2.05) is 31.2 Å². The molecule has 10 heteroatoms. The second-order valence-corrected chi connectivity index (χ2v) is 12.3. The molecule has 1 aliphatic heterocycles. The molecule has 40 heavy (non-hydrogen) atoms. The van der Waals surface area contributed by atoms with Crippen LogP contribution >= 0.6 is 0 Å². The van der Waals surface area contributed by atoms with E-state index in [2.05, 4.69) is 15.6 Å². The number of benzene rings is 2. The van der Waals surface area contributed by atoms with Crippen molar-refractivity contribution in [3.05, 3.63) is 71.7 Å². The van der Waals surface area contributed by atoms with E-state index in [0.29, 0.717) is 34.8 Å². The highest BCUT2D eigenvalue weighted by Gasteiger charge is 2.25. The third-order valence-electron chi connectivity index (χ3n) is 7.54. The average molecular weight is 562 g/mol. The Kier molecular flexibility index (Phi) is 7.51. The van der Waals surface area contributed by atoms with Gasteiger partial charge in [0.15, 0.2) is 5.65 Å². The lowest BCUT2D eigenvalue weighted by Gasteiger charge is -2.21. The number of nitrogens with zero attached hydrogens (tertiary/aromatic N) is 3. The van der Waals surface area contributed by atoms with Crippen LogP contribution in [-0.2, 0) is 10.8 Å². The average Bonchev–Trinajstić information content (AvgIpc) is 3.66. The molecule has 0 bridgehead atoms. The summed E-state index contributed by atoms with van der Waals surface area (Å²) < 4.78 is 32.9. The first-order valence-electron chi connectivity index (χ1n) is 13.8. The zero-order chi connectivity index (χ0) is 27.6. The van der Waals surface area contributed by atoms with Crippen molar-refractivity contribution >= 4 is 28.0 Å². The number of carbonyl (C=O) groups excluding carboxylic acids is 1. The number of imidazole rings is 1. The van der Waals surface area contributed by atoms with E-state index < -0.39 is 10.8 Å². The maximum atomic E-state index is 13.5. The Morgan fingerprint density at radius 1 is 1.10 bits per heavy atom. The van der Waals surface area contributed by atoms with Crippen LogP contribution in [0.3, 0.4) is 0 Å². The summed E-state index contributed by atoms with van der Waals surface area (Å²) in [4.78, 5) is 17.3. The number of ether oxygens (including phenoxy) is 1. The summed E-state index contributed by atoms with van der Waals surface area (Å²) >= 11 is 0. The number of anilines is 1. The van der Waals surface area contributed by atoms with Gasteiger partial charge >= 0.3 is 0 Å². The lowest BCUT2D eigenvalue weighted by Crippen LogP contribution is -2.26.